The maximum Gasteiger partial charge on any atom is 0.240 e. The third-order valence-corrected chi connectivity index (χ3v) is 4.96. The smallest absolute Gasteiger partial charge is 0.240 e. The molecule has 1 aromatic carbocycles. The zero-order valence-corrected chi connectivity index (χ0v) is 13.8. The number of rotatable bonds is 7. The zero-order valence-electron chi connectivity index (χ0n) is 13.0. The number of furan rings is 1. The van der Waals surface area contributed by atoms with Crippen molar-refractivity contribution in [1.82, 2.24) is 14.5 Å². The molecule has 3 rings (SSSR count). The Kier molecular flexibility index (Phi) is 4.68. The lowest BCUT2D eigenvalue weighted by Gasteiger charge is -2.16. The molecular weight excluding hydrogens is 330 g/mol. The van der Waals surface area contributed by atoms with E-state index >= 15 is 0 Å². The van der Waals surface area contributed by atoms with Gasteiger partial charge in [0.1, 0.15) is 17.6 Å². The second kappa shape index (κ2) is 6.90. The predicted molar refractivity (Wildman–Crippen MR) is 87.3 cm³/mol. The van der Waals surface area contributed by atoms with Crippen LogP contribution in [0.2, 0.25) is 0 Å². The highest BCUT2D eigenvalue weighted by atomic mass is 32.2. The minimum atomic E-state index is -3.68. The first-order valence-electron chi connectivity index (χ1n) is 7.26. The first kappa shape index (κ1) is 16.3. The molecule has 0 bridgehead atoms. The summed E-state index contributed by atoms with van der Waals surface area (Å²) in [4.78, 5) is 0.139. The van der Waals surface area contributed by atoms with Crippen LogP contribution >= 0.6 is 0 Å². The van der Waals surface area contributed by atoms with Crippen molar-refractivity contribution in [3.63, 3.8) is 0 Å². The Morgan fingerprint density at radius 2 is 2.17 bits per heavy atom. The fourth-order valence-electron chi connectivity index (χ4n) is 2.31. The van der Waals surface area contributed by atoms with Crippen LogP contribution in [0.1, 0.15) is 11.8 Å². The summed E-state index contributed by atoms with van der Waals surface area (Å²) in [7, 11) is -2.19. The van der Waals surface area contributed by atoms with Crippen molar-refractivity contribution in [3.05, 3.63) is 66.9 Å². The van der Waals surface area contributed by atoms with E-state index < -0.39 is 10.0 Å². The van der Waals surface area contributed by atoms with Crippen LogP contribution < -0.4 is 9.46 Å². The number of nitrogens with zero attached hydrogens (tertiary/aromatic N) is 2. The van der Waals surface area contributed by atoms with Gasteiger partial charge in [-0.3, -0.25) is 4.68 Å². The summed E-state index contributed by atoms with van der Waals surface area (Å²) in [5.74, 6) is 1.10. The third kappa shape index (κ3) is 3.50. The molecule has 1 unspecified atom stereocenters. The van der Waals surface area contributed by atoms with Gasteiger partial charge in [0.25, 0.3) is 0 Å². The van der Waals surface area contributed by atoms with E-state index in [0.717, 1.165) is 0 Å². The maximum atomic E-state index is 12.5. The summed E-state index contributed by atoms with van der Waals surface area (Å²) in [5, 5.41) is 4.18. The SMILES string of the molecule is COc1cccc(S(=O)(=O)NCC(c2ccco2)n2cccn2)c1. The molecule has 126 valence electrons. The van der Waals surface area contributed by atoms with Gasteiger partial charge in [0.2, 0.25) is 10.0 Å². The number of ether oxygens (including phenoxy) is 1. The van der Waals surface area contributed by atoms with Gasteiger partial charge in [-0.05, 0) is 30.3 Å². The molecule has 1 atom stereocenters. The van der Waals surface area contributed by atoms with E-state index in [9.17, 15) is 8.42 Å². The average molecular weight is 347 g/mol. The van der Waals surface area contributed by atoms with Gasteiger partial charge in [0.05, 0.1) is 18.3 Å². The van der Waals surface area contributed by atoms with E-state index in [1.807, 2.05) is 0 Å². The standard InChI is InChI=1S/C16H17N3O4S/c1-22-13-5-2-6-14(11-13)24(20,21)18-12-15(16-7-3-10-23-16)19-9-4-8-17-19/h2-11,15,18H,12H2,1H3. The molecule has 24 heavy (non-hydrogen) atoms. The number of aromatic nitrogens is 2. The van der Waals surface area contributed by atoms with E-state index in [4.69, 9.17) is 9.15 Å². The number of benzene rings is 1. The largest absolute Gasteiger partial charge is 0.497 e. The molecule has 0 saturated carbocycles. The van der Waals surface area contributed by atoms with Crippen LogP contribution in [0.25, 0.3) is 0 Å². The lowest BCUT2D eigenvalue weighted by atomic mass is 10.2. The van der Waals surface area contributed by atoms with Gasteiger partial charge in [-0.2, -0.15) is 5.10 Å². The van der Waals surface area contributed by atoms with E-state index in [0.29, 0.717) is 11.5 Å². The summed E-state index contributed by atoms with van der Waals surface area (Å²) in [5.41, 5.74) is 0. The monoisotopic (exact) mass is 347 g/mol. The van der Waals surface area contributed by atoms with Gasteiger partial charge in [-0.1, -0.05) is 6.07 Å². The molecule has 3 aromatic rings. The molecule has 0 aliphatic rings. The van der Waals surface area contributed by atoms with E-state index in [1.165, 1.54) is 19.2 Å². The molecule has 0 aliphatic carbocycles. The maximum absolute atomic E-state index is 12.5. The van der Waals surface area contributed by atoms with Crippen LogP contribution in [-0.2, 0) is 10.0 Å². The molecule has 0 amide bonds. The predicted octanol–water partition coefficient (Wildman–Crippen LogP) is 2.05. The van der Waals surface area contributed by atoms with Crippen LogP contribution in [0, 0.1) is 0 Å². The highest BCUT2D eigenvalue weighted by molar-refractivity contribution is 7.89. The summed E-state index contributed by atoms with van der Waals surface area (Å²) < 4.78 is 39.8. The topological polar surface area (TPSA) is 86.4 Å². The third-order valence-electron chi connectivity index (χ3n) is 3.53. The molecule has 2 heterocycles. The second-order valence-electron chi connectivity index (χ2n) is 5.05. The van der Waals surface area contributed by atoms with Crippen LogP contribution in [-0.4, -0.2) is 31.9 Å². The van der Waals surface area contributed by atoms with Gasteiger partial charge in [-0.25, -0.2) is 13.1 Å². The van der Waals surface area contributed by atoms with Crippen LogP contribution in [0.5, 0.6) is 5.75 Å². The Morgan fingerprint density at radius 1 is 1.29 bits per heavy atom. The van der Waals surface area contributed by atoms with Gasteiger partial charge in [-0.15, -0.1) is 0 Å². The molecule has 7 nitrogen and oxygen atoms in total. The normalized spacial score (nSPS) is 12.9. The zero-order chi connectivity index (χ0) is 17.0. The van der Waals surface area contributed by atoms with E-state index in [1.54, 1.807) is 53.7 Å². The first-order valence-corrected chi connectivity index (χ1v) is 8.75. The molecule has 2 aromatic heterocycles. The number of nitrogens with one attached hydrogen (secondary N) is 1. The number of hydrogen-bond donors (Lipinski definition) is 1. The quantitative estimate of drug-likeness (QED) is 0.707. The Bertz CT molecular complexity index is 840. The Balaban J connectivity index is 1.81. The van der Waals surface area contributed by atoms with Crippen molar-refractivity contribution in [2.24, 2.45) is 0 Å². The van der Waals surface area contributed by atoms with Gasteiger partial charge >= 0.3 is 0 Å². The minimum absolute atomic E-state index is 0.106. The van der Waals surface area contributed by atoms with Crippen molar-refractivity contribution in [1.29, 1.82) is 0 Å². The van der Waals surface area contributed by atoms with Crippen LogP contribution in [0.15, 0.2) is 70.4 Å². The Labute approximate surface area is 139 Å². The fraction of sp³-hybridized carbons (Fsp3) is 0.188. The number of methoxy groups -OCH3 is 1. The van der Waals surface area contributed by atoms with Crippen LogP contribution in [0.4, 0.5) is 0 Å². The molecule has 1 N–H and O–H groups in total. The van der Waals surface area contributed by atoms with Crippen molar-refractivity contribution < 1.29 is 17.6 Å². The molecule has 0 radical (unpaired) electrons. The van der Waals surface area contributed by atoms with Crippen molar-refractivity contribution >= 4 is 10.0 Å². The Morgan fingerprint density at radius 3 is 2.83 bits per heavy atom. The summed E-state index contributed by atoms with van der Waals surface area (Å²) in [6.07, 6.45) is 4.93. The summed E-state index contributed by atoms with van der Waals surface area (Å²) in [6.45, 7) is 0.106. The van der Waals surface area contributed by atoms with E-state index in [-0.39, 0.29) is 17.5 Å². The number of sulfonamides is 1. The van der Waals surface area contributed by atoms with Gasteiger partial charge in [0, 0.05) is 25.0 Å². The molecule has 0 saturated heterocycles. The molecule has 0 fully saturated rings. The Hall–Kier alpha value is -2.58. The van der Waals surface area contributed by atoms with Crippen LogP contribution in [0.3, 0.4) is 0 Å². The average Bonchev–Trinajstić information content (AvgIpc) is 3.29. The van der Waals surface area contributed by atoms with Crippen molar-refractivity contribution in [2.45, 2.75) is 10.9 Å². The summed E-state index contributed by atoms with van der Waals surface area (Å²) >= 11 is 0. The molecule has 8 heteroatoms. The highest BCUT2D eigenvalue weighted by Gasteiger charge is 2.21. The second-order valence-corrected chi connectivity index (χ2v) is 6.82. The fourth-order valence-corrected chi connectivity index (χ4v) is 3.38. The van der Waals surface area contributed by atoms with Crippen molar-refractivity contribution in [2.75, 3.05) is 13.7 Å². The van der Waals surface area contributed by atoms with E-state index in [2.05, 4.69) is 9.82 Å². The number of hydrogen-bond acceptors (Lipinski definition) is 5. The lowest BCUT2D eigenvalue weighted by molar-refractivity contribution is 0.402. The van der Waals surface area contributed by atoms with Gasteiger partial charge in [0.15, 0.2) is 0 Å². The molecule has 0 spiro atoms. The summed E-state index contributed by atoms with van der Waals surface area (Å²) in [6, 6.07) is 11.2. The molecule has 0 aliphatic heterocycles. The lowest BCUT2D eigenvalue weighted by Crippen LogP contribution is -2.31. The van der Waals surface area contributed by atoms with Gasteiger partial charge < -0.3 is 9.15 Å². The highest BCUT2D eigenvalue weighted by Crippen LogP contribution is 2.20. The minimum Gasteiger partial charge on any atom is -0.497 e. The first-order chi connectivity index (χ1) is 11.6. The van der Waals surface area contributed by atoms with Crippen molar-refractivity contribution in [3.8, 4) is 5.75 Å². The molecular formula is C16H17N3O4S.